The molecule has 0 fully saturated rings. The molecule has 0 aliphatic rings. The molecule has 0 N–H and O–H groups in total. The molecule has 0 atom stereocenters. The molecule has 3 aromatic rings. The van der Waals surface area contributed by atoms with E-state index in [9.17, 15) is 5.26 Å². The van der Waals surface area contributed by atoms with E-state index in [4.69, 9.17) is 9.47 Å². The average Bonchev–Trinajstić information content (AvgIpc) is 3.14. The van der Waals surface area contributed by atoms with Gasteiger partial charge >= 0.3 is 0 Å². The third kappa shape index (κ3) is 5.24. The predicted octanol–water partition coefficient (Wildman–Crippen LogP) is 6.11. The third-order valence-corrected chi connectivity index (χ3v) is 5.43. The number of allylic oxidation sites excluding steroid dienone is 1. The highest BCUT2D eigenvalue weighted by atomic mass is 32.1. The van der Waals surface area contributed by atoms with Crippen LogP contribution in [0.1, 0.15) is 39.9 Å². The molecule has 0 spiro atoms. The van der Waals surface area contributed by atoms with Crippen LogP contribution in [0.4, 0.5) is 0 Å². The van der Waals surface area contributed by atoms with Crippen molar-refractivity contribution in [3.05, 3.63) is 74.7 Å². The number of benzene rings is 2. The first-order valence-electron chi connectivity index (χ1n) is 9.50. The number of hydrogen-bond acceptors (Lipinski definition) is 5. The van der Waals surface area contributed by atoms with E-state index in [0.29, 0.717) is 30.3 Å². The fraction of sp³-hybridized carbons (Fsp3) is 0.250. The first-order valence-corrected chi connectivity index (χ1v) is 10.4. The van der Waals surface area contributed by atoms with Crippen molar-refractivity contribution in [2.24, 2.45) is 0 Å². The minimum atomic E-state index is 0.477. The molecule has 0 saturated carbocycles. The first-order chi connectivity index (χ1) is 14.0. The van der Waals surface area contributed by atoms with E-state index < -0.39 is 0 Å². The maximum atomic E-state index is 9.53. The maximum Gasteiger partial charge on any atom is 0.161 e. The van der Waals surface area contributed by atoms with E-state index in [1.165, 1.54) is 22.5 Å². The predicted molar refractivity (Wildman–Crippen MR) is 118 cm³/mol. The van der Waals surface area contributed by atoms with Gasteiger partial charge in [0.25, 0.3) is 0 Å². The molecule has 1 aromatic heterocycles. The Labute approximate surface area is 176 Å². The zero-order valence-electron chi connectivity index (χ0n) is 17.2. The molecular formula is C24H24N2O2S. The van der Waals surface area contributed by atoms with Crippen molar-refractivity contribution in [1.29, 1.82) is 5.26 Å². The molecule has 3 rings (SSSR count). The van der Waals surface area contributed by atoms with Gasteiger partial charge in [-0.2, -0.15) is 5.26 Å². The van der Waals surface area contributed by atoms with Crippen LogP contribution >= 0.6 is 11.3 Å². The summed E-state index contributed by atoms with van der Waals surface area (Å²) in [5, 5.41) is 12.2. The van der Waals surface area contributed by atoms with Crippen LogP contribution in [-0.2, 0) is 6.61 Å². The van der Waals surface area contributed by atoms with Gasteiger partial charge in [0, 0.05) is 11.1 Å². The van der Waals surface area contributed by atoms with Crippen molar-refractivity contribution in [2.75, 3.05) is 6.61 Å². The summed E-state index contributed by atoms with van der Waals surface area (Å²) in [5.41, 5.74) is 5.89. The van der Waals surface area contributed by atoms with Crippen LogP contribution in [0, 0.1) is 32.1 Å². The molecule has 29 heavy (non-hydrogen) atoms. The van der Waals surface area contributed by atoms with Crippen LogP contribution < -0.4 is 9.47 Å². The van der Waals surface area contributed by atoms with Gasteiger partial charge in [-0.15, -0.1) is 11.3 Å². The average molecular weight is 405 g/mol. The van der Waals surface area contributed by atoms with Gasteiger partial charge in [0.15, 0.2) is 11.5 Å². The quantitative estimate of drug-likeness (QED) is 0.446. The largest absolute Gasteiger partial charge is 0.490 e. The number of ether oxygens (including phenoxy) is 2. The van der Waals surface area contributed by atoms with E-state index >= 15 is 0 Å². The van der Waals surface area contributed by atoms with Crippen molar-refractivity contribution in [3.8, 4) is 17.6 Å². The Hall–Kier alpha value is -3.10. The van der Waals surface area contributed by atoms with Gasteiger partial charge in [0.2, 0.25) is 0 Å². The second kappa shape index (κ2) is 9.40. The number of hydrogen-bond donors (Lipinski definition) is 0. The number of nitrogens with zero attached hydrogens (tertiary/aromatic N) is 2. The lowest BCUT2D eigenvalue weighted by Gasteiger charge is -2.14. The molecule has 5 heteroatoms. The first kappa shape index (κ1) is 20.6. The summed E-state index contributed by atoms with van der Waals surface area (Å²) in [4.78, 5) is 4.40. The van der Waals surface area contributed by atoms with Crippen LogP contribution in [0.5, 0.6) is 11.5 Å². The maximum absolute atomic E-state index is 9.53. The van der Waals surface area contributed by atoms with Gasteiger partial charge in [-0.05, 0) is 62.6 Å². The lowest BCUT2D eigenvalue weighted by molar-refractivity contribution is 0.269. The molecule has 1 heterocycles. The van der Waals surface area contributed by atoms with Crippen molar-refractivity contribution < 1.29 is 9.47 Å². The summed E-state index contributed by atoms with van der Waals surface area (Å²) in [6.45, 7) is 9.03. The molecule has 148 valence electrons. The summed E-state index contributed by atoms with van der Waals surface area (Å²) < 4.78 is 11.9. The molecule has 0 amide bonds. The van der Waals surface area contributed by atoms with Crippen LogP contribution in [0.3, 0.4) is 0 Å². The molecule has 0 aliphatic heterocycles. The SMILES string of the molecule is CCOc1cc(/C=C(/C#N)c2nc(C)cs2)ccc1OCc1cc(C)ccc1C. The summed E-state index contributed by atoms with van der Waals surface area (Å²) in [6, 6.07) is 14.3. The molecule has 0 unspecified atom stereocenters. The van der Waals surface area contributed by atoms with Gasteiger partial charge in [-0.3, -0.25) is 0 Å². The molecule has 4 nitrogen and oxygen atoms in total. The van der Waals surface area contributed by atoms with Crippen molar-refractivity contribution in [1.82, 2.24) is 4.98 Å². The number of thiazole rings is 1. The van der Waals surface area contributed by atoms with Crippen LogP contribution in [-0.4, -0.2) is 11.6 Å². The van der Waals surface area contributed by atoms with E-state index in [-0.39, 0.29) is 0 Å². The van der Waals surface area contributed by atoms with Crippen LogP contribution in [0.15, 0.2) is 41.8 Å². The lowest BCUT2D eigenvalue weighted by Crippen LogP contribution is -2.01. The Kier molecular flexibility index (Phi) is 6.69. The fourth-order valence-corrected chi connectivity index (χ4v) is 3.66. The number of nitriles is 1. The second-order valence-corrected chi connectivity index (χ2v) is 7.68. The minimum Gasteiger partial charge on any atom is -0.490 e. The fourth-order valence-electron chi connectivity index (χ4n) is 2.90. The topological polar surface area (TPSA) is 55.1 Å². The minimum absolute atomic E-state index is 0.477. The van der Waals surface area contributed by atoms with E-state index in [1.807, 2.05) is 43.5 Å². The molecular weight excluding hydrogens is 380 g/mol. The smallest absolute Gasteiger partial charge is 0.161 e. The zero-order chi connectivity index (χ0) is 20.8. The molecule has 0 saturated heterocycles. The summed E-state index contributed by atoms with van der Waals surface area (Å²) in [5.74, 6) is 1.35. The number of aryl methyl sites for hydroxylation is 3. The second-order valence-electron chi connectivity index (χ2n) is 6.82. The molecule has 2 aromatic carbocycles. The van der Waals surface area contributed by atoms with E-state index in [1.54, 1.807) is 0 Å². The van der Waals surface area contributed by atoms with Crippen molar-refractivity contribution in [3.63, 3.8) is 0 Å². The number of rotatable bonds is 7. The Bertz CT molecular complexity index is 1080. The number of aromatic nitrogens is 1. The van der Waals surface area contributed by atoms with Gasteiger partial charge < -0.3 is 9.47 Å². The van der Waals surface area contributed by atoms with E-state index in [2.05, 4.69) is 43.1 Å². The summed E-state index contributed by atoms with van der Waals surface area (Å²) in [7, 11) is 0. The highest BCUT2D eigenvalue weighted by molar-refractivity contribution is 7.11. The highest BCUT2D eigenvalue weighted by Crippen LogP contribution is 2.31. The molecule has 0 radical (unpaired) electrons. The lowest BCUT2D eigenvalue weighted by atomic mass is 10.1. The van der Waals surface area contributed by atoms with Crippen LogP contribution in [0.25, 0.3) is 11.6 Å². The Morgan fingerprint density at radius 2 is 1.93 bits per heavy atom. The Morgan fingerprint density at radius 1 is 1.10 bits per heavy atom. The van der Waals surface area contributed by atoms with Crippen molar-refractivity contribution in [2.45, 2.75) is 34.3 Å². The van der Waals surface area contributed by atoms with Crippen LogP contribution in [0.2, 0.25) is 0 Å². The van der Waals surface area contributed by atoms with Gasteiger partial charge in [0.05, 0.1) is 12.2 Å². The third-order valence-electron chi connectivity index (χ3n) is 4.44. The summed E-state index contributed by atoms with van der Waals surface area (Å²) in [6.07, 6.45) is 1.83. The monoisotopic (exact) mass is 404 g/mol. The highest BCUT2D eigenvalue weighted by Gasteiger charge is 2.10. The van der Waals surface area contributed by atoms with Gasteiger partial charge in [-0.25, -0.2) is 4.98 Å². The Balaban J connectivity index is 1.85. The van der Waals surface area contributed by atoms with Crippen molar-refractivity contribution >= 4 is 23.0 Å². The normalized spacial score (nSPS) is 11.2. The zero-order valence-corrected chi connectivity index (χ0v) is 18.0. The van der Waals surface area contributed by atoms with Gasteiger partial charge in [-0.1, -0.05) is 29.8 Å². The summed E-state index contributed by atoms with van der Waals surface area (Å²) >= 11 is 1.47. The molecule has 0 bridgehead atoms. The molecule has 0 aliphatic carbocycles. The Morgan fingerprint density at radius 3 is 2.62 bits per heavy atom. The van der Waals surface area contributed by atoms with Gasteiger partial charge in [0.1, 0.15) is 17.7 Å². The standard InChI is InChI=1S/C24H24N2O2S/c1-5-27-23-12-19(11-20(13-25)24-26-18(4)15-29-24)8-9-22(23)28-14-21-10-16(2)6-7-17(21)3/h6-12,15H,5,14H2,1-4H3/b20-11-. The van der Waals surface area contributed by atoms with E-state index in [0.717, 1.165) is 21.8 Å².